The molecule has 2 rings (SSSR count). The molecule has 2 fully saturated rings. The minimum atomic E-state index is -1.20. The fourth-order valence-electron chi connectivity index (χ4n) is 4.44. The molecule has 1 heterocycles. The van der Waals surface area contributed by atoms with E-state index in [1.54, 1.807) is 0 Å². The lowest BCUT2D eigenvalue weighted by Gasteiger charge is -2.44. The van der Waals surface area contributed by atoms with Gasteiger partial charge in [0.2, 0.25) is 0 Å². The quantitative estimate of drug-likeness (QED) is 0.291. The Kier molecular flexibility index (Phi) is 9.09. The number of fused-ring (bicyclic) bond motifs is 1. The molecule has 1 saturated carbocycles. The number of ketones is 1. The average molecular weight is 399 g/mol. The van der Waals surface area contributed by atoms with E-state index in [2.05, 4.69) is 4.74 Å². The third-order valence-electron chi connectivity index (χ3n) is 6.16. The number of rotatable bonds is 11. The van der Waals surface area contributed by atoms with Gasteiger partial charge >= 0.3 is 5.97 Å². The second-order valence-corrected chi connectivity index (χ2v) is 7.94. The van der Waals surface area contributed by atoms with E-state index in [0.29, 0.717) is 32.1 Å². The predicted molar refractivity (Wildman–Crippen MR) is 104 cm³/mol. The summed E-state index contributed by atoms with van der Waals surface area (Å²) in [7, 11) is 2.89. The zero-order valence-corrected chi connectivity index (χ0v) is 17.5. The summed E-state index contributed by atoms with van der Waals surface area (Å²) in [4.78, 5) is 23.6. The van der Waals surface area contributed by atoms with E-state index in [1.165, 1.54) is 14.2 Å². The number of esters is 1. The number of halogens is 1. The molecule has 0 aromatic heterocycles. The zero-order valence-electron chi connectivity index (χ0n) is 17.5. The third-order valence-corrected chi connectivity index (χ3v) is 6.16. The van der Waals surface area contributed by atoms with E-state index in [0.717, 1.165) is 32.1 Å². The molecule has 5 atom stereocenters. The van der Waals surface area contributed by atoms with Crippen molar-refractivity contribution in [3.63, 3.8) is 0 Å². The number of allylic oxidation sites excluding steroid dienone is 2. The summed E-state index contributed by atoms with van der Waals surface area (Å²) >= 11 is 0. The van der Waals surface area contributed by atoms with E-state index in [1.807, 2.05) is 19.1 Å². The van der Waals surface area contributed by atoms with Gasteiger partial charge in [0.1, 0.15) is 5.78 Å². The van der Waals surface area contributed by atoms with Gasteiger partial charge in [-0.2, -0.15) is 0 Å². The van der Waals surface area contributed by atoms with E-state index < -0.39 is 12.0 Å². The minimum Gasteiger partial charge on any atom is -0.469 e. The molecular formula is C22H35FO5. The topological polar surface area (TPSA) is 61.8 Å². The summed E-state index contributed by atoms with van der Waals surface area (Å²) < 4.78 is 31.0. The van der Waals surface area contributed by atoms with Crippen molar-refractivity contribution in [2.45, 2.75) is 89.2 Å². The Morgan fingerprint density at radius 2 is 2.14 bits per heavy atom. The third kappa shape index (κ3) is 5.63. The van der Waals surface area contributed by atoms with E-state index in [9.17, 15) is 14.0 Å². The largest absolute Gasteiger partial charge is 0.469 e. The summed E-state index contributed by atoms with van der Waals surface area (Å²) in [5.74, 6) is -1.13. The van der Waals surface area contributed by atoms with Gasteiger partial charge in [0, 0.05) is 32.3 Å². The molecular weight excluding hydrogens is 363 g/mol. The summed E-state index contributed by atoms with van der Waals surface area (Å²) in [6, 6.07) is 0. The Morgan fingerprint density at radius 1 is 1.36 bits per heavy atom. The number of ether oxygens (including phenoxy) is 3. The lowest BCUT2D eigenvalue weighted by atomic mass is 9.82. The molecule has 160 valence electrons. The van der Waals surface area contributed by atoms with Crippen molar-refractivity contribution in [2.24, 2.45) is 11.8 Å². The highest BCUT2D eigenvalue weighted by Crippen LogP contribution is 2.47. The number of carbonyl (C=O) groups is 2. The van der Waals surface area contributed by atoms with Crippen molar-refractivity contribution in [3.05, 3.63) is 12.2 Å². The van der Waals surface area contributed by atoms with Gasteiger partial charge in [-0.3, -0.25) is 9.59 Å². The van der Waals surface area contributed by atoms with Crippen LogP contribution in [-0.4, -0.2) is 44.0 Å². The number of alkyl halides is 1. The second kappa shape index (κ2) is 11.1. The van der Waals surface area contributed by atoms with Crippen molar-refractivity contribution < 1.29 is 28.2 Å². The Bertz CT molecular complexity index is 549. The number of hydrogen-bond donors (Lipinski definition) is 0. The minimum absolute atomic E-state index is 0.0644. The number of carbonyl (C=O) groups excluding carboxylic acids is 2. The van der Waals surface area contributed by atoms with Crippen molar-refractivity contribution in [3.8, 4) is 0 Å². The zero-order chi connectivity index (χ0) is 20.6. The van der Waals surface area contributed by atoms with E-state index >= 15 is 0 Å². The number of hydrogen-bond acceptors (Lipinski definition) is 5. The van der Waals surface area contributed by atoms with Crippen LogP contribution in [0.25, 0.3) is 0 Å². The van der Waals surface area contributed by atoms with Crippen molar-refractivity contribution in [2.75, 3.05) is 14.2 Å². The smallest absolute Gasteiger partial charge is 0.305 e. The SMILES string of the molecule is CCCCC(F)C1(OC)CCC2[C@@H](CC(=O)[C@@H]2CC=CCCCC(=O)OC)O1. The van der Waals surface area contributed by atoms with Crippen molar-refractivity contribution in [1.82, 2.24) is 0 Å². The lowest BCUT2D eigenvalue weighted by molar-refractivity contribution is -0.306. The molecule has 0 aromatic rings. The van der Waals surface area contributed by atoms with Gasteiger partial charge in [-0.1, -0.05) is 31.9 Å². The molecule has 5 nitrogen and oxygen atoms in total. The van der Waals surface area contributed by atoms with E-state index in [4.69, 9.17) is 9.47 Å². The second-order valence-electron chi connectivity index (χ2n) is 7.94. The van der Waals surface area contributed by atoms with Crippen LogP contribution in [0.1, 0.15) is 71.1 Å². The molecule has 6 heteroatoms. The van der Waals surface area contributed by atoms with Crippen LogP contribution in [0.5, 0.6) is 0 Å². The fraction of sp³-hybridized carbons (Fsp3) is 0.818. The first kappa shape index (κ1) is 23.0. The normalized spacial score (nSPS) is 31.1. The Labute approximate surface area is 168 Å². The molecule has 0 bridgehead atoms. The van der Waals surface area contributed by atoms with Gasteiger partial charge in [0.15, 0.2) is 12.0 Å². The molecule has 1 saturated heterocycles. The first-order valence-corrected chi connectivity index (χ1v) is 10.6. The highest BCUT2D eigenvalue weighted by Gasteiger charge is 2.53. The maximum Gasteiger partial charge on any atom is 0.305 e. The first-order valence-electron chi connectivity index (χ1n) is 10.6. The molecule has 0 amide bonds. The highest BCUT2D eigenvalue weighted by atomic mass is 19.1. The van der Waals surface area contributed by atoms with Crippen LogP contribution in [0.15, 0.2) is 12.2 Å². The molecule has 1 aliphatic heterocycles. The Hall–Kier alpha value is -1.27. The molecule has 0 radical (unpaired) electrons. The lowest BCUT2D eigenvalue weighted by Crippen LogP contribution is -2.51. The number of methoxy groups -OCH3 is 2. The predicted octanol–water partition coefficient (Wildman–Crippen LogP) is 4.53. The number of Topliss-reactive ketones (excluding diaryl/α,β-unsaturated/α-hetero) is 1. The van der Waals surface area contributed by atoms with E-state index in [-0.39, 0.29) is 29.7 Å². The summed E-state index contributed by atoms with van der Waals surface area (Å²) in [6.07, 6.45) is 8.97. The maximum absolute atomic E-state index is 14.8. The standard InChI is InChI=1S/C22H35FO5/c1-4-5-11-20(23)22(27-3)14-13-17-16(18(24)15-19(17)28-22)10-8-6-7-9-12-21(25)26-2/h6,8,16-17,19-20H,4-5,7,9-15H2,1-3H3/t16-,17?,19-,20?,22?/m1/s1. The van der Waals surface area contributed by atoms with Gasteiger partial charge in [0.25, 0.3) is 0 Å². The van der Waals surface area contributed by atoms with Gasteiger partial charge in [0.05, 0.1) is 13.2 Å². The van der Waals surface area contributed by atoms with Gasteiger partial charge in [-0.25, -0.2) is 4.39 Å². The van der Waals surface area contributed by atoms with Crippen molar-refractivity contribution in [1.29, 1.82) is 0 Å². The molecule has 28 heavy (non-hydrogen) atoms. The number of unbranched alkanes of at least 4 members (excludes halogenated alkanes) is 2. The van der Waals surface area contributed by atoms with Crippen LogP contribution in [0, 0.1) is 11.8 Å². The van der Waals surface area contributed by atoms with Crippen LogP contribution in [0.3, 0.4) is 0 Å². The summed E-state index contributed by atoms with van der Waals surface area (Å²) in [5, 5.41) is 0. The van der Waals surface area contributed by atoms with Gasteiger partial charge in [-0.05, 0) is 38.0 Å². The monoisotopic (exact) mass is 398 g/mol. The first-order chi connectivity index (χ1) is 13.5. The molecule has 0 N–H and O–H groups in total. The Balaban J connectivity index is 1.87. The summed E-state index contributed by atoms with van der Waals surface area (Å²) in [5.41, 5.74) is 0. The summed E-state index contributed by atoms with van der Waals surface area (Å²) in [6.45, 7) is 2.03. The Morgan fingerprint density at radius 3 is 2.82 bits per heavy atom. The highest BCUT2D eigenvalue weighted by molar-refractivity contribution is 5.84. The van der Waals surface area contributed by atoms with Crippen LogP contribution in [0.4, 0.5) is 4.39 Å². The maximum atomic E-state index is 14.8. The van der Waals surface area contributed by atoms with Crippen LogP contribution >= 0.6 is 0 Å². The van der Waals surface area contributed by atoms with Crippen LogP contribution in [-0.2, 0) is 23.8 Å². The van der Waals surface area contributed by atoms with Crippen LogP contribution < -0.4 is 0 Å². The molecule has 2 aliphatic rings. The molecule has 0 spiro atoms. The molecule has 0 aromatic carbocycles. The van der Waals surface area contributed by atoms with Gasteiger partial charge in [-0.15, -0.1) is 0 Å². The fourth-order valence-corrected chi connectivity index (χ4v) is 4.44. The average Bonchev–Trinajstić information content (AvgIpc) is 3.02. The molecule has 3 unspecified atom stereocenters. The van der Waals surface area contributed by atoms with Crippen molar-refractivity contribution >= 4 is 11.8 Å². The van der Waals surface area contributed by atoms with Gasteiger partial charge < -0.3 is 14.2 Å². The molecule has 1 aliphatic carbocycles. The van der Waals surface area contributed by atoms with Crippen LogP contribution in [0.2, 0.25) is 0 Å².